The summed E-state index contributed by atoms with van der Waals surface area (Å²) in [5, 5.41) is 7.22. The van der Waals surface area contributed by atoms with Crippen LogP contribution in [0.15, 0.2) is 18.2 Å². The minimum absolute atomic E-state index is 0.150. The average molecular weight is 293 g/mol. The smallest absolute Gasteiger partial charge is 0.330 e. The van der Waals surface area contributed by atoms with E-state index < -0.39 is 5.97 Å². The Morgan fingerprint density at radius 1 is 1.48 bits per heavy atom. The van der Waals surface area contributed by atoms with Gasteiger partial charge in [0.1, 0.15) is 5.69 Å². The zero-order valence-corrected chi connectivity index (χ0v) is 13.0. The van der Waals surface area contributed by atoms with E-state index in [1.165, 1.54) is 13.2 Å². The van der Waals surface area contributed by atoms with E-state index in [1.807, 2.05) is 26.8 Å². The zero-order valence-electron chi connectivity index (χ0n) is 13.0. The number of rotatable bonds is 7. The van der Waals surface area contributed by atoms with E-state index in [0.717, 1.165) is 5.69 Å². The van der Waals surface area contributed by atoms with E-state index in [9.17, 15) is 9.59 Å². The van der Waals surface area contributed by atoms with E-state index >= 15 is 0 Å². The quantitative estimate of drug-likeness (QED) is 0.473. The van der Waals surface area contributed by atoms with Crippen molar-refractivity contribution in [2.24, 2.45) is 0 Å². The number of methoxy groups -OCH3 is 1. The highest BCUT2D eigenvalue weighted by atomic mass is 16.5. The van der Waals surface area contributed by atoms with E-state index in [1.54, 1.807) is 10.8 Å². The summed E-state index contributed by atoms with van der Waals surface area (Å²) >= 11 is 0. The van der Waals surface area contributed by atoms with Crippen LogP contribution in [-0.2, 0) is 16.1 Å². The predicted molar refractivity (Wildman–Crippen MR) is 80.1 cm³/mol. The highest BCUT2D eigenvalue weighted by Crippen LogP contribution is 2.14. The lowest BCUT2D eigenvalue weighted by molar-refractivity contribution is -0.134. The molecule has 1 aromatic heterocycles. The van der Waals surface area contributed by atoms with Gasteiger partial charge in [-0.25, -0.2) is 4.79 Å². The Labute approximate surface area is 125 Å². The maximum atomic E-state index is 12.1. The van der Waals surface area contributed by atoms with Crippen molar-refractivity contribution in [3.8, 4) is 0 Å². The molecule has 0 aliphatic heterocycles. The summed E-state index contributed by atoms with van der Waals surface area (Å²) in [5.41, 5.74) is 1.48. The molecule has 0 saturated carbocycles. The third-order valence-electron chi connectivity index (χ3n) is 2.97. The molecule has 0 aromatic carbocycles. The molecule has 0 bridgehead atoms. The molecule has 6 heteroatoms. The third-order valence-corrected chi connectivity index (χ3v) is 2.97. The third kappa shape index (κ3) is 5.06. The lowest BCUT2D eigenvalue weighted by atomic mass is 10.1. The van der Waals surface area contributed by atoms with E-state index in [0.29, 0.717) is 25.2 Å². The second kappa shape index (κ2) is 8.24. The minimum Gasteiger partial charge on any atom is -0.466 e. The highest BCUT2D eigenvalue weighted by Gasteiger charge is 2.15. The van der Waals surface area contributed by atoms with Crippen LogP contribution >= 0.6 is 0 Å². The van der Waals surface area contributed by atoms with E-state index in [2.05, 4.69) is 15.2 Å². The van der Waals surface area contributed by atoms with Gasteiger partial charge in [0.05, 0.1) is 12.8 Å². The standard InChI is InChI=1S/C15H23N3O3/c1-5-18-13(10-12(17-18)11(2)3)15(20)16-9-7-6-8-14(19)21-4/h6,8,10-11H,5,7,9H2,1-4H3,(H,16,20)/b8-6+. The van der Waals surface area contributed by atoms with Gasteiger partial charge in [0, 0.05) is 19.2 Å². The second-order valence-corrected chi connectivity index (χ2v) is 4.90. The Hall–Kier alpha value is -2.11. The maximum absolute atomic E-state index is 12.1. The topological polar surface area (TPSA) is 73.2 Å². The molecular weight excluding hydrogens is 270 g/mol. The first-order valence-electron chi connectivity index (χ1n) is 7.10. The van der Waals surface area contributed by atoms with E-state index in [4.69, 9.17) is 0 Å². The van der Waals surface area contributed by atoms with Crippen molar-refractivity contribution in [3.63, 3.8) is 0 Å². The monoisotopic (exact) mass is 293 g/mol. The van der Waals surface area contributed by atoms with Crippen LogP contribution in [0.3, 0.4) is 0 Å². The summed E-state index contributed by atoms with van der Waals surface area (Å²) in [7, 11) is 1.33. The first kappa shape index (κ1) is 16.9. The number of aromatic nitrogens is 2. The molecule has 0 saturated heterocycles. The summed E-state index contributed by atoms with van der Waals surface area (Å²) in [4.78, 5) is 23.0. The van der Waals surface area contributed by atoms with Gasteiger partial charge in [-0.2, -0.15) is 5.10 Å². The molecule has 1 heterocycles. The normalized spacial score (nSPS) is 11.1. The van der Waals surface area contributed by atoms with Crippen molar-refractivity contribution in [3.05, 3.63) is 29.6 Å². The van der Waals surface area contributed by atoms with E-state index in [-0.39, 0.29) is 11.8 Å². The van der Waals surface area contributed by atoms with Gasteiger partial charge in [0.2, 0.25) is 0 Å². The largest absolute Gasteiger partial charge is 0.466 e. The molecule has 0 aliphatic carbocycles. The fourth-order valence-corrected chi connectivity index (χ4v) is 1.75. The molecule has 116 valence electrons. The lowest BCUT2D eigenvalue weighted by Crippen LogP contribution is -2.26. The fraction of sp³-hybridized carbons (Fsp3) is 0.533. The number of aryl methyl sites for hydroxylation is 1. The summed E-state index contributed by atoms with van der Waals surface area (Å²) in [6.45, 7) is 7.15. The fourth-order valence-electron chi connectivity index (χ4n) is 1.75. The van der Waals surface area contributed by atoms with Crippen LogP contribution in [0.5, 0.6) is 0 Å². The minimum atomic E-state index is -0.396. The molecule has 0 unspecified atom stereocenters. The van der Waals surface area contributed by atoms with Gasteiger partial charge in [-0.05, 0) is 25.3 Å². The Kier molecular flexibility index (Phi) is 6.65. The number of amides is 1. The van der Waals surface area contributed by atoms with Crippen LogP contribution in [0.25, 0.3) is 0 Å². The van der Waals surface area contributed by atoms with Crippen molar-refractivity contribution >= 4 is 11.9 Å². The molecule has 0 spiro atoms. The summed E-state index contributed by atoms with van der Waals surface area (Å²) in [6, 6.07) is 1.83. The SMILES string of the molecule is CCn1nc(C(C)C)cc1C(=O)NCC/C=C/C(=O)OC. The molecule has 1 rings (SSSR count). The molecule has 1 N–H and O–H groups in total. The van der Waals surface area contributed by atoms with Crippen molar-refractivity contribution in [1.82, 2.24) is 15.1 Å². The molecule has 0 fully saturated rings. The van der Waals surface area contributed by atoms with Crippen molar-refractivity contribution in [1.29, 1.82) is 0 Å². The first-order chi connectivity index (χ1) is 9.99. The van der Waals surface area contributed by atoms with Crippen LogP contribution in [0, 0.1) is 0 Å². The number of esters is 1. The van der Waals surface area contributed by atoms with Gasteiger partial charge in [-0.1, -0.05) is 19.9 Å². The number of hydrogen-bond donors (Lipinski definition) is 1. The van der Waals surface area contributed by atoms with Crippen molar-refractivity contribution in [2.75, 3.05) is 13.7 Å². The Morgan fingerprint density at radius 2 is 2.19 bits per heavy atom. The second-order valence-electron chi connectivity index (χ2n) is 4.90. The molecule has 0 aliphatic rings. The maximum Gasteiger partial charge on any atom is 0.330 e. The molecule has 0 atom stereocenters. The Balaban J connectivity index is 2.56. The summed E-state index contributed by atoms with van der Waals surface area (Å²) in [5.74, 6) is -0.262. The molecular formula is C15H23N3O3. The summed E-state index contributed by atoms with van der Waals surface area (Å²) in [6.07, 6.45) is 3.58. The molecule has 6 nitrogen and oxygen atoms in total. The molecule has 1 amide bonds. The number of nitrogens with zero attached hydrogens (tertiary/aromatic N) is 2. The number of hydrogen-bond acceptors (Lipinski definition) is 4. The molecule has 1 aromatic rings. The Morgan fingerprint density at radius 3 is 2.76 bits per heavy atom. The van der Waals surface area contributed by atoms with Crippen LogP contribution in [0.1, 0.15) is 49.3 Å². The van der Waals surface area contributed by atoms with Gasteiger partial charge >= 0.3 is 5.97 Å². The molecule has 21 heavy (non-hydrogen) atoms. The van der Waals surface area contributed by atoms with Crippen LogP contribution in [0.4, 0.5) is 0 Å². The number of ether oxygens (including phenoxy) is 1. The van der Waals surface area contributed by atoms with Crippen LogP contribution in [0.2, 0.25) is 0 Å². The van der Waals surface area contributed by atoms with Gasteiger partial charge in [0.25, 0.3) is 5.91 Å². The summed E-state index contributed by atoms with van der Waals surface area (Å²) < 4.78 is 6.18. The predicted octanol–water partition coefficient (Wildman–Crippen LogP) is 1.88. The first-order valence-corrected chi connectivity index (χ1v) is 7.10. The zero-order chi connectivity index (χ0) is 15.8. The highest BCUT2D eigenvalue weighted by molar-refractivity contribution is 5.92. The molecule has 0 radical (unpaired) electrons. The van der Waals surface area contributed by atoms with Crippen LogP contribution < -0.4 is 5.32 Å². The lowest BCUT2D eigenvalue weighted by Gasteiger charge is -2.05. The van der Waals surface area contributed by atoms with Gasteiger partial charge in [-0.15, -0.1) is 0 Å². The van der Waals surface area contributed by atoms with Crippen molar-refractivity contribution in [2.45, 2.75) is 39.7 Å². The average Bonchev–Trinajstić information content (AvgIpc) is 2.90. The van der Waals surface area contributed by atoms with Gasteiger partial charge in [-0.3, -0.25) is 9.48 Å². The van der Waals surface area contributed by atoms with Gasteiger partial charge in [0.15, 0.2) is 0 Å². The Bertz CT molecular complexity index is 518. The van der Waals surface area contributed by atoms with Crippen molar-refractivity contribution < 1.29 is 14.3 Å². The number of nitrogens with one attached hydrogen (secondary N) is 1. The van der Waals surface area contributed by atoms with Crippen LogP contribution in [-0.4, -0.2) is 35.3 Å². The number of carbonyl (C=O) groups is 2. The number of carbonyl (C=O) groups excluding carboxylic acids is 2. The van der Waals surface area contributed by atoms with Gasteiger partial charge < -0.3 is 10.1 Å².